The number of carbonyl (C=O) groups excluding carboxylic acids is 2. The van der Waals surface area contributed by atoms with Gasteiger partial charge in [0, 0.05) is 6.10 Å². The molecule has 0 spiro atoms. The maximum absolute atomic E-state index is 10.7. The number of Topliss-reactive ketones (excluding diaryl/α,β-unsaturated/α-hetero) is 1. The summed E-state index contributed by atoms with van der Waals surface area (Å²) in [7, 11) is 0. The fourth-order valence-electron chi connectivity index (χ4n) is 4.38. The van der Waals surface area contributed by atoms with Crippen LogP contribution in [0.3, 0.4) is 0 Å². The highest BCUT2D eigenvalue weighted by atomic mass is 16.3. The van der Waals surface area contributed by atoms with Gasteiger partial charge < -0.3 is 15.0 Å². The molecule has 4 heteroatoms. The highest BCUT2D eigenvalue weighted by molar-refractivity contribution is 5.72. The van der Waals surface area contributed by atoms with Gasteiger partial charge in [0.05, 0.1) is 6.61 Å². The monoisotopic (exact) mass is 532 g/mol. The van der Waals surface area contributed by atoms with E-state index in [1.54, 1.807) is 13.8 Å². The highest BCUT2D eigenvalue weighted by Crippen LogP contribution is 2.45. The molecule has 0 aromatic rings. The largest absolute Gasteiger partial charge is 0.394 e. The van der Waals surface area contributed by atoms with Crippen LogP contribution in [-0.2, 0) is 9.59 Å². The zero-order chi connectivity index (χ0) is 30.1. The average Bonchev–Trinajstić information content (AvgIpc) is 3.22. The predicted octanol–water partition coefficient (Wildman–Crippen LogP) is 8.58. The van der Waals surface area contributed by atoms with Gasteiger partial charge in [0.1, 0.15) is 12.1 Å². The van der Waals surface area contributed by atoms with Crippen molar-refractivity contribution >= 4 is 12.1 Å². The molecule has 2 rings (SSSR count). The Morgan fingerprint density at radius 2 is 1.29 bits per heavy atom. The van der Waals surface area contributed by atoms with Crippen LogP contribution in [0.25, 0.3) is 0 Å². The number of allylic oxidation sites excluding steroid dienone is 7. The Bertz CT molecular complexity index is 809. The molecule has 2 aliphatic rings. The van der Waals surface area contributed by atoms with Gasteiger partial charge in [-0.05, 0) is 114 Å². The molecular formula is C34H60O4. The minimum Gasteiger partial charge on any atom is -0.394 e. The lowest BCUT2D eigenvalue weighted by Gasteiger charge is -2.29. The Morgan fingerprint density at radius 3 is 1.53 bits per heavy atom. The lowest BCUT2D eigenvalue weighted by Crippen LogP contribution is -2.19. The van der Waals surface area contributed by atoms with Crippen molar-refractivity contribution < 1.29 is 19.8 Å². The number of aldehydes is 1. The summed E-state index contributed by atoms with van der Waals surface area (Å²) in [4.78, 5) is 20.1. The first-order chi connectivity index (χ1) is 17.5. The van der Waals surface area contributed by atoms with E-state index in [4.69, 9.17) is 10.2 Å². The second-order valence-electron chi connectivity index (χ2n) is 12.2. The zero-order valence-electron chi connectivity index (χ0n) is 26.8. The summed E-state index contributed by atoms with van der Waals surface area (Å²) < 4.78 is 0. The van der Waals surface area contributed by atoms with Gasteiger partial charge in [0.25, 0.3) is 0 Å². The first-order valence-electron chi connectivity index (χ1n) is 14.4. The average molecular weight is 533 g/mol. The summed E-state index contributed by atoms with van der Waals surface area (Å²) in [5, 5.41) is 17.2. The third-order valence-electron chi connectivity index (χ3n) is 8.06. The molecule has 2 aliphatic carbocycles. The van der Waals surface area contributed by atoms with E-state index in [-0.39, 0.29) is 18.5 Å². The van der Waals surface area contributed by atoms with Crippen LogP contribution >= 0.6 is 0 Å². The Balaban J connectivity index is 0. The van der Waals surface area contributed by atoms with E-state index in [0.717, 1.165) is 44.0 Å². The Kier molecular flexibility index (Phi) is 19.5. The van der Waals surface area contributed by atoms with Crippen LogP contribution < -0.4 is 0 Å². The number of carbonyl (C=O) groups is 2. The second-order valence-corrected chi connectivity index (χ2v) is 12.2. The maximum Gasteiger partial charge on any atom is 0.145 e. The lowest BCUT2D eigenvalue weighted by molar-refractivity contribution is -0.115. The second kappa shape index (κ2) is 19.3. The molecule has 0 heterocycles. The van der Waals surface area contributed by atoms with Gasteiger partial charge in [-0.3, -0.25) is 4.79 Å². The van der Waals surface area contributed by atoms with Crippen molar-refractivity contribution in [3.05, 3.63) is 46.6 Å². The summed E-state index contributed by atoms with van der Waals surface area (Å²) in [5.41, 5.74) is 5.77. The molecule has 38 heavy (non-hydrogen) atoms. The molecule has 0 saturated heterocycles. The molecule has 4 nitrogen and oxygen atoms in total. The smallest absolute Gasteiger partial charge is 0.145 e. The molecule has 2 atom stereocenters. The zero-order valence-corrected chi connectivity index (χ0v) is 26.8. The Labute approximate surface area is 235 Å². The maximum atomic E-state index is 10.7. The number of aliphatic hydroxyl groups is 2. The summed E-state index contributed by atoms with van der Waals surface area (Å²) in [6.45, 7) is 24.6. The van der Waals surface area contributed by atoms with Crippen LogP contribution in [0.5, 0.6) is 0 Å². The van der Waals surface area contributed by atoms with Crippen molar-refractivity contribution in [1.29, 1.82) is 0 Å². The van der Waals surface area contributed by atoms with Gasteiger partial charge in [-0.25, -0.2) is 0 Å². The minimum atomic E-state index is -0.167. The van der Waals surface area contributed by atoms with E-state index in [9.17, 15) is 9.59 Å². The van der Waals surface area contributed by atoms with Gasteiger partial charge in [0.2, 0.25) is 0 Å². The fraction of sp³-hybridized carbons (Fsp3) is 0.706. The first-order valence-corrected chi connectivity index (χ1v) is 14.4. The van der Waals surface area contributed by atoms with Crippen LogP contribution in [0.15, 0.2) is 46.6 Å². The summed E-state index contributed by atoms with van der Waals surface area (Å²) in [6, 6.07) is 0. The van der Waals surface area contributed by atoms with Gasteiger partial charge in [0.15, 0.2) is 0 Å². The van der Waals surface area contributed by atoms with E-state index in [1.165, 1.54) is 37.0 Å². The van der Waals surface area contributed by atoms with Crippen molar-refractivity contribution in [3.63, 3.8) is 0 Å². The van der Waals surface area contributed by atoms with E-state index >= 15 is 0 Å². The van der Waals surface area contributed by atoms with Crippen molar-refractivity contribution in [1.82, 2.24) is 0 Å². The normalized spacial score (nSPS) is 21.7. The Morgan fingerprint density at radius 1 is 0.921 bits per heavy atom. The summed E-state index contributed by atoms with van der Waals surface area (Å²) in [5.74, 6) is 1.55. The van der Waals surface area contributed by atoms with Crippen molar-refractivity contribution in [2.45, 2.75) is 128 Å². The van der Waals surface area contributed by atoms with E-state index in [2.05, 4.69) is 72.8 Å². The molecule has 2 unspecified atom stereocenters. The first kappa shape index (κ1) is 38.4. The van der Waals surface area contributed by atoms with Gasteiger partial charge >= 0.3 is 0 Å². The van der Waals surface area contributed by atoms with Crippen molar-refractivity contribution in [3.8, 4) is 0 Å². The van der Waals surface area contributed by atoms with E-state index in [1.807, 2.05) is 6.92 Å². The number of rotatable bonds is 8. The van der Waals surface area contributed by atoms with Gasteiger partial charge in [-0.15, -0.1) is 0 Å². The predicted molar refractivity (Wildman–Crippen MR) is 164 cm³/mol. The molecule has 0 amide bonds. The van der Waals surface area contributed by atoms with Crippen LogP contribution in [-0.4, -0.2) is 35.0 Å². The molecule has 0 aromatic heterocycles. The summed E-state index contributed by atoms with van der Waals surface area (Å²) >= 11 is 0. The quantitative estimate of drug-likeness (QED) is 0.186. The standard InChI is InChI=1S/C14H24O.C14H22O.C3H8O.C3H6O/c2*1-5-12(10-15)7-9-13-8-6-11(2)14(13,3)4;2*1-3(2)4/h6-7,13,15H,5,8-10H2,1-4H3;6-7,10,13H,5,8-9H2,1-4H3;3-4H,1-2H3;1-2H3/b2*12-7+;;. The lowest BCUT2D eigenvalue weighted by atomic mass is 9.76. The number of ketones is 1. The highest BCUT2D eigenvalue weighted by Gasteiger charge is 2.34. The van der Waals surface area contributed by atoms with Crippen LogP contribution in [0.2, 0.25) is 0 Å². The molecule has 0 radical (unpaired) electrons. The minimum absolute atomic E-state index is 0.167. The van der Waals surface area contributed by atoms with Crippen LogP contribution in [0, 0.1) is 22.7 Å². The molecule has 0 fully saturated rings. The Hall–Kier alpha value is -1.78. The molecule has 0 bridgehead atoms. The third kappa shape index (κ3) is 15.0. The molecule has 0 aliphatic heterocycles. The topological polar surface area (TPSA) is 74.6 Å². The van der Waals surface area contributed by atoms with E-state index in [0.29, 0.717) is 22.7 Å². The molecule has 2 N–H and O–H groups in total. The fourth-order valence-corrected chi connectivity index (χ4v) is 4.38. The molecular weight excluding hydrogens is 472 g/mol. The number of hydrogen-bond donors (Lipinski definition) is 2. The van der Waals surface area contributed by atoms with Crippen LogP contribution in [0.4, 0.5) is 0 Å². The third-order valence-corrected chi connectivity index (χ3v) is 8.06. The van der Waals surface area contributed by atoms with Gasteiger partial charge in [-0.1, -0.05) is 77.0 Å². The van der Waals surface area contributed by atoms with Crippen LogP contribution in [0.1, 0.15) is 122 Å². The molecule has 0 aromatic carbocycles. The van der Waals surface area contributed by atoms with Gasteiger partial charge in [-0.2, -0.15) is 0 Å². The molecule has 220 valence electrons. The van der Waals surface area contributed by atoms with Crippen molar-refractivity contribution in [2.24, 2.45) is 22.7 Å². The van der Waals surface area contributed by atoms with E-state index < -0.39 is 0 Å². The summed E-state index contributed by atoms with van der Waals surface area (Å²) in [6.07, 6.45) is 16.2. The number of hydrogen-bond acceptors (Lipinski definition) is 4. The SMILES string of the molecule is CC(C)=O.CC(C)O.CC/C(=C\CC1CC=C(C)C1(C)C)CO.CC/C(C=O)=C\CC1CC=C(C)C1(C)C. The number of aliphatic hydroxyl groups excluding tert-OH is 2. The molecule has 0 saturated carbocycles. The van der Waals surface area contributed by atoms with Crippen molar-refractivity contribution in [2.75, 3.05) is 6.61 Å².